The van der Waals surface area contributed by atoms with Crippen molar-refractivity contribution in [3.8, 4) is 0 Å². The minimum Gasteiger partial charge on any atom is -0.388 e. The average molecular weight is 242 g/mol. The fourth-order valence-corrected chi connectivity index (χ4v) is 2.39. The summed E-state index contributed by atoms with van der Waals surface area (Å²) in [5.74, 6) is -0.135. The highest BCUT2D eigenvalue weighted by Gasteiger charge is 2.28. The molecule has 0 aromatic heterocycles. The molecule has 1 atom stereocenters. The predicted octanol–water partition coefficient (Wildman–Crippen LogP) is 1.32. The smallest absolute Gasteiger partial charge is 0.237 e. The first-order valence-corrected chi connectivity index (χ1v) is 6.83. The molecule has 0 radical (unpaired) electrons. The molecule has 1 saturated carbocycles. The highest BCUT2D eigenvalue weighted by Crippen LogP contribution is 2.26. The van der Waals surface area contributed by atoms with Crippen LogP contribution in [0.3, 0.4) is 0 Å². The Balaban J connectivity index is 2.34. The highest BCUT2D eigenvalue weighted by atomic mass is 16.3. The van der Waals surface area contributed by atoms with Gasteiger partial charge in [-0.05, 0) is 19.3 Å². The van der Waals surface area contributed by atoms with Crippen LogP contribution in [0.2, 0.25) is 0 Å². The van der Waals surface area contributed by atoms with Gasteiger partial charge >= 0.3 is 0 Å². The second-order valence-corrected chi connectivity index (χ2v) is 5.25. The van der Waals surface area contributed by atoms with E-state index in [9.17, 15) is 9.90 Å². The Hall–Kier alpha value is -0.610. The van der Waals surface area contributed by atoms with E-state index in [1.807, 2.05) is 6.92 Å². The molecular formula is C13H26N2O2. The number of amides is 1. The lowest BCUT2D eigenvalue weighted by Crippen LogP contribution is -2.48. The van der Waals surface area contributed by atoms with E-state index in [-0.39, 0.29) is 5.91 Å². The van der Waals surface area contributed by atoms with Crippen molar-refractivity contribution < 1.29 is 9.90 Å². The van der Waals surface area contributed by atoms with Crippen LogP contribution >= 0.6 is 0 Å². The van der Waals surface area contributed by atoms with Crippen LogP contribution in [0.15, 0.2) is 0 Å². The predicted molar refractivity (Wildman–Crippen MR) is 68.5 cm³/mol. The summed E-state index contributed by atoms with van der Waals surface area (Å²) in [6.45, 7) is 2.36. The zero-order chi connectivity index (χ0) is 12.7. The van der Waals surface area contributed by atoms with Gasteiger partial charge in [-0.25, -0.2) is 0 Å². The third kappa shape index (κ3) is 5.04. The molecule has 1 aliphatic rings. The van der Waals surface area contributed by atoms with Crippen LogP contribution in [0.25, 0.3) is 0 Å². The van der Waals surface area contributed by atoms with Gasteiger partial charge in [0.05, 0.1) is 11.6 Å². The monoisotopic (exact) mass is 242 g/mol. The first-order chi connectivity index (χ1) is 8.07. The third-order valence-electron chi connectivity index (χ3n) is 3.56. The molecule has 4 heteroatoms. The maximum absolute atomic E-state index is 11.7. The number of hydrogen-bond acceptors (Lipinski definition) is 3. The van der Waals surface area contributed by atoms with Crippen molar-refractivity contribution in [2.75, 3.05) is 6.54 Å². The molecule has 1 aliphatic carbocycles. The normalized spacial score (nSPS) is 21.6. The van der Waals surface area contributed by atoms with Crippen molar-refractivity contribution in [1.29, 1.82) is 0 Å². The molecule has 0 bridgehead atoms. The molecule has 0 spiro atoms. The van der Waals surface area contributed by atoms with Crippen LogP contribution in [0.5, 0.6) is 0 Å². The van der Waals surface area contributed by atoms with Crippen molar-refractivity contribution in [1.82, 2.24) is 5.32 Å². The number of rotatable bonds is 5. The van der Waals surface area contributed by atoms with E-state index >= 15 is 0 Å². The highest BCUT2D eigenvalue weighted by molar-refractivity contribution is 5.81. The molecule has 0 aromatic carbocycles. The minimum atomic E-state index is -0.710. The van der Waals surface area contributed by atoms with Gasteiger partial charge in [0.2, 0.25) is 5.91 Å². The maximum atomic E-state index is 11.7. The van der Waals surface area contributed by atoms with Crippen LogP contribution in [-0.2, 0) is 4.79 Å². The van der Waals surface area contributed by atoms with E-state index in [4.69, 9.17) is 5.73 Å². The molecule has 1 amide bonds. The molecule has 0 heterocycles. The topological polar surface area (TPSA) is 75.4 Å². The summed E-state index contributed by atoms with van der Waals surface area (Å²) in [5.41, 5.74) is 5.01. The Morgan fingerprint density at radius 2 is 1.94 bits per heavy atom. The number of hydrogen-bond donors (Lipinski definition) is 3. The van der Waals surface area contributed by atoms with E-state index < -0.39 is 11.6 Å². The van der Waals surface area contributed by atoms with E-state index in [0.29, 0.717) is 13.0 Å². The van der Waals surface area contributed by atoms with Gasteiger partial charge in [-0.1, -0.05) is 39.0 Å². The van der Waals surface area contributed by atoms with Gasteiger partial charge in [-0.15, -0.1) is 0 Å². The van der Waals surface area contributed by atoms with Gasteiger partial charge in [0.1, 0.15) is 0 Å². The molecule has 4 nitrogen and oxygen atoms in total. The van der Waals surface area contributed by atoms with E-state index in [1.54, 1.807) is 0 Å². The quantitative estimate of drug-likeness (QED) is 0.636. The Labute approximate surface area is 104 Å². The Morgan fingerprint density at radius 1 is 1.35 bits per heavy atom. The Morgan fingerprint density at radius 3 is 2.47 bits per heavy atom. The fourth-order valence-electron chi connectivity index (χ4n) is 2.39. The third-order valence-corrected chi connectivity index (χ3v) is 3.56. The minimum absolute atomic E-state index is 0.135. The van der Waals surface area contributed by atoms with Gasteiger partial charge in [-0.2, -0.15) is 0 Å². The van der Waals surface area contributed by atoms with Crippen LogP contribution in [0.4, 0.5) is 0 Å². The zero-order valence-corrected chi connectivity index (χ0v) is 10.9. The summed E-state index contributed by atoms with van der Waals surface area (Å²) in [6.07, 6.45) is 7.65. The number of nitrogens with one attached hydrogen (secondary N) is 1. The molecule has 0 aromatic rings. The summed E-state index contributed by atoms with van der Waals surface area (Å²) >= 11 is 0. The summed E-state index contributed by atoms with van der Waals surface area (Å²) in [4.78, 5) is 11.7. The van der Waals surface area contributed by atoms with Crippen LogP contribution in [0.1, 0.15) is 58.3 Å². The van der Waals surface area contributed by atoms with Gasteiger partial charge in [0, 0.05) is 6.54 Å². The van der Waals surface area contributed by atoms with Crippen molar-refractivity contribution in [3.63, 3.8) is 0 Å². The largest absolute Gasteiger partial charge is 0.388 e. The zero-order valence-electron chi connectivity index (χ0n) is 10.9. The lowest BCUT2D eigenvalue weighted by molar-refractivity contribution is -0.123. The molecule has 4 N–H and O–H groups in total. The van der Waals surface area contributed by atoms with Gasteiger partial charge in [0.15, 0.2) is 0 Å². The number of nitrogens with two attached hydrogens (primary N) is 1. The van der Waals surface area contributed by atoms with Gasteiger partial charge in [0.25, 0.3) is 0 Å². The van der Waals surface area contributed by atoms with E-state index in [0.717, 1.165) is 32.1 Å². The Bertz CT molecular complexity index is 236. The Kier molecular flexibility index (Phi) is 5.92. The summed E-state index contributed by atoms with van der Waals surface area (Å²) in [7, 11) is 0. The van der Waals surface area contributed by atoms with Crippen LogP contribution < -0.4 is 11.1 Å². The fraction of sp³-hybridized carbons (Fsp3) is 0.923. The SMILES string of the molecule is CCCC(N)C(=O)NCC1(O)CCCCCC1. The average Bonchev–Trinajstić information content (AvgIpc) is 2.52. The van der Waals surface area contributed by atoms with Crippen molar-refractivity contribution in [2.45, 2.75) is 69.9 Å². The van der Waals surface area contributed by atoms with Crippen LogP contribution in [0, 0.1) is 0 Å². The molecule has 100 valence electrons. The van der Waals surface area contributed by atoms with Gasteiger partial charge in [-0.3, -0.25) is 4.79 Å². The number of aliphatic hydroxyl groups is 1. The molecule has 1 rings (SSSR count). The summed E-state index contributed by atoms with van der Waals surface area (Å²) < 4.78 is 0. The summed E-state index contributed by atoms with van der Waals surface area (Å²) in [6, 6.07) is -0.436. The lowest BCUT2D eigenvalue weighted by atomic mass is 9.94. The van der Waals surface area contributed by atoms with Gasteiger partial charge < -0.3 is 16.2 Å². The number of carbonyl (C=O) groups is 1. The molecule has 1 unspecified atom stereocenters. The molecule has 17 heavy (non-hydrogen) atoms. The van der Waals surface area contributed by atoms with E-state index in [2.05, 4.69) is 5.32 Å². The van der Waals surface area contributed by atoms with Crippen molar-refractivity contribution in [3.05, 3.63) is 0 Å². The first-order valence-electron chi connectivity index (χ1n) is 6.83. The first kappa shape index (κ1) is 14.5. The van der Waals surface area contributed by atoms with Crippen molar-refractivity contribution in [2.24, 2.45) is 5.73 Å². The second-order valence-electron chi connectivity index (χ2n) is 5.25. The number of carbonyl (C=O) groups excluding carboxylic acids is 1. The lowest BCUT2D eigenvalue weighted by Gasteiger charge is -2.27. The molecule has 0 saturated heterocycles. The molecule has 0 aliphatic heterocycles. The summed E-state index contributed by atoms with van der Waals surface area (Å²) in [5, 5.41) is 13.1. The standard InChI is InChI=1S/C13H26N2O2/c1-2-7-11(14)12(16)15-10-13(17)8-5-3-4-6-9-13/h11,17H,2-10,14H2,1H3,(H,15,16). The van der Waals surface area contributed by atoms with Crippen LogP contribution in [-0.4, -0.2) is 29.2 Å². The van der Waals surface area contributed by atoms with Crippen molar-refractivity contribution >= 4 is 5.91 Å². The molecule has 1 fully saturated rings. The second kappa shape index (κ2) is 6.97. The van der Waals surface area contributed by atoms with E-state index in [1.165, 1.54) is 12.8 Å². The maximum Gasteiger partial charge on any atom is 0.237 e. The molecular weight excluding hydrogens is 216 g/mol.